The van der Waals surface area contributed by atoms with Crippen molar-refractivity contribution in [3.05, 3.63) is 58.9 Å². The molecule has 34 heavy (non-hydrogen) atoms. The molecule has 182 valence electrons. The first-order valence-electron chi connectivity index (χ1n) is 12.2. The third-order valence-electron chi connectivity index (χ3n) is 6.20. The van der Waals surface area contributed by atoms with E-state index in [4.69, 9.17) is 16.1 Å². The number of rotatable bonds is 4. The summed E-state index contributed by atoms with van der Waals surface area (Å²) in [5.41, 5.74) is 10.6. The first kappa shape index (κ1) is 25.3. The number of fused-ring (bicyclic) bond motifs is 1. The number of aliphatic imine (C=N–C) groups is 2. The quantitative estimate of drug-likeness (QED) is 0.561. The molecule has 0 aromatic heterocycles. The SMILES string of the molecule is CC.Cc1ccc2c(c1)C=CC(\C(C=N)=C/N=C1\C(=C/N)CCC(=O)N1C1CCNCC1)C=N2.[HH]. The van der Waals surface area contributed by atoms with Gasteiger partial charge in [-0.25, -0.2) is 4.99 Å². The number of piperidine rings is 2. The molecule has 1 aromatic carbocycles. The average Bonchev–Trinajstić information content (AvgIpc) is 3.08. The van der Waals surface area contributed by atoms with Crippen molar-refractivity contribution in [2.75, 3.05) is 13.1 Å². The Hall–Kier alpha value is -3.32. The molecule has 2 saturated heterocycles. The van der Waals surface area contributed by atoms with E-state index in [9.17, 15) is 4.79 Å². The number of nitrogens with two attached hydrogens (primary N) is 1. The standard InChI is InChI=1S/C25H30N6O.C2H6.H2/c1-17-2-6-23-18(12-17)3-4-20(15-29-23)21(14-27)16-30-25-19(13-26)5-7-24(32)31(25)22-8-10-28-11-9-22;1-2;/h2-4,6,12-16,20,22,27-28H,5,7-11,26H2,1H3;1-2H3;1H/b19-13-,21-16-,27-14?,30-25+;;. The minimum absolute atomic E-state index is 0. The first-order chi connectivity index (χ1) is 16.6. The van der Waals surface area contributed by atoms with Crippen molar-refractivity contribution in [2.24, 2.45) is 21.6 Å². The lowest BCUT2D eigenvalue weighted by molar-refractivity contribution is -0.129. The van der Waals surface area contributed by atoms with E-state index in [1.54, 1.807) is 12.4 Å². The maximum Gasteiger partial charge on any atom is 0.228 e. The summed E-state index contributed by atoms with van der Waals surface area (Å²) >= 11 is 0. The van der Waals surface area contributed by atoms with Crippen LogP contribution in [0.3, 0.4) is 0 Å². The fourth-order valence-corrected chi connectivity index (χ4v) is 4.39. The molecule has 7 nitrogen and oxygen atoms in total. The number of amidine groups is 1. The highest BCUT2D eigenvalue weighted by molar-refractivity contribution is 6.11. The van der Waals surface area contributed by atoms with Crippen LogP contribution >= 0.6 is 0 Å². The Kier molecular flexibility index (Phi) is 9.10. The van der Waals surface area contributed by atoms with Gasteiger partial charge in [-0.3, -0.25) is 14.7 Å². The van der Waals surface area contributed by atoms with E-state index >= 15 is 0 Å². The third-order valence-corrected chi connectivity index (χ3v) is 6.20. The van der Waals surface area contributed by atoms with Gasteiger partial charge in [-0.1, -0.05) is 37.6 Å². The van der Waals surface area contributed by atoms with Crippen molar-refractivity contribution in [3.8, 4) is 0 Å². The zero-order chi connectivity index (χ0) is 24.5. The van der Waals surface area contributed by atoms with Gasteiger partial charge in [0.25, 0.3) is 0 Å². The summed E-state index contributed by atoms with van der Waals surface area (Å²) in [6.45, 7) is 7.82. The molecule has 3 aliphatic heterocycles. The molecule has 0 radical (unpaired) electrons. The molecule has 1 amide bonds. The van der Waals surface area contributed by atoms with E-state index in [-0.39, 0.29) is 19.3 Å². The smallest absolute Gasteiger partial charge is 0.228 e. The summed E-state index contributed by atoms with van der Waals surface area (Å²) in [7, 11) is 0. The summed E-state index contributed by atoms with van der Waals surface area (Å²) in [6.07, 6.45) is 13.3. The van der Waals surface area contributed by atoms with E-state index in [0.29, 0.717) is 24.3 Å². The van der Waals surface area contributed by atoms with Crippen LogP contribution in [0.25, 0.3) is 6.08 Å². The minimum Gasteiger partial charge on any atom is -0.404 e. The monoisotopic (exact) mass is 462 g/mol. The lowest BCUT2D eigenvalue weighted by Gasteiger charge is -2.38. The minimum atomic E-state index is -0.179. The Balaban J connectivity index is 0.00000140. The van der Waals surface area contributed by atoms with Crippen LogP contribution in [0, 0.1) is 18.3 Å². The van der Waals surface area contributed by atoms with Gasteiger partial charge in [0, 0.05) is 61.3 Å². The predicted molar refractivity (Wildman–Crippen MR) is 144 cm³/mol. The molecule has 1 atom stereocenters. The van der Waals surface area contributed by atoms with Gasteiger partial charge in [-0.2, -0.15) is 0 Å². The number of hydrogen-bond donors (Lipinski definition) is 3. The number of allylic oxidation sites excluding steroid dienone is 2. The summed E-state index contributed by atoms with van der Waals surface area (Å²) in [4.78, 5) is 24.0. The van der Waals surface area contributed by atoms with Crippen LogP contribution in [0.5, 0.6) is 0 Å². The van der Waals surface area contributed by atoms with E-state index in [1.165, 1.54) is 11.8 Å². The summed E-state index contributed by atoms with van der Waals surface area (Å²) < 4.78 is 0. The maximum absolute atomic E-state index is 12.8. The van der Waals surface area contributed by atoms with E-state index < -0.39 is 0 Å². The highest BCUT2D eigenvalue weighted by Gasteiger charge is 2.34. The van der Waals surface area contributed by atoms with E-state index in [2.05, 4.69) is 23.3 Å². The fraction of sp³-hybridized carbons (Fsp3) is 0.407. The van der Waals surface area contributed by atoms with Gasteiger partial charge in [-0.05, 0) is 51.4 Å². The topological polar surface area (TPSA) is 107 Å². The molecule has 1 unspecified atom stereocenters. The molecule has 3 heterocycles. The number of likely N-dealkylation sites (tertiary alicyclic amines) is 1. The molecule has 0 saturated carbocycles. The van der Waals surface area contributed by atoms with Gasteiger partial charge in [0.15, 0.2) is 0 Å². The number of nitrogens with zero attached hydrogens (tertiary/aromatic N) is 3. The average molecular weight is 463 g/mol. The number of carbonyl (C=O) groups excluding carboxylic acids is 1. The molecular weight excluding hydrogens is 424 g/mol. The lowest BCUT2D eigenvalue weighted by atomic mass is 9.97. The van der Waals surface area contributed by atoms with Gasteiger partial charge in [0.05, 0.1) is 5.69 Å². The van der Waals surface area contributed by atoms with Crippen LogP contribution in [0.1, 0.15) is 52.1 Å². The predicted octanol–water partition coefficient (Wildman–Crippen LogP) is 4.76. The normalized spacial score (nSPS) is 23.4. The molecule has 0 bridgehead atoms. The maximum atomic E-state index is 12.8. The number of carbonyl (C=O) groups is 1. The second kappa shape index (κ2) is 12.2. The number of benzene rings is 1. The van der Waals surface area contributed by atoms with E-state index in [0.717, 1.165) is 42.8 Å². The largest absolute Gasteiger partial charge is 0.404 e. The highest BCUT2D eigenvalue weighted by Crippen LogP contribution is 2.28. The summed E-state index contributed by atoms with van der Waals surface area (Å²) in [5.74, 6) is 0.526. The highest BCUT2D eigenvalue weighted by atomic mass is 16.2. The summed E-state index contributed by atoms with van der Waals surface area (Å²) in [5, 5.41) is 11.3. The number of aryl methyl sites for hydroxylation is 1. The van der Waals surface area contributed by atoms with E-state index in [1.807, 2.05) is 49.2 Å². The Morgan fingerprint density at radius 3 is 2.76 bits per heavy atom. The zero-order valence-electron chi connectivity index (χ0n) is 20.4. The van der Waals surface area contributed by atoms with Crippen molar-refractivity contribution >= 4 is 35.9 Å². The summed E-state index contributed by atoms with van der Waals surface area (Å²) in [6, 6.07) is 6.26. The van der Waals surface area contributed by atoms with Gasteiger partial charge < -0.3 is 16.5 Å². The van der Waals surface area contributed by atoms with Crippen molar-refractivity contribution in [3.63, 3.8) is 0 Å². The van der Waals surface area contributed by atoms with Crippen LogP contribution in [-0.4, -0.2) is 48.2 Å². The molecule has 4 N–H and O–H groups in total. The van der Waals surface area contributed by atoms with Crippen LogP contribution < -0.4 is 11.1 Å². The molecule has 2 fully saturated rings. The Morgan fingerprint density at radius 2 is 2.06 bits per heavy atom. The Labute approximate surface area is 204 Å². The van der Waals surface area contributed by atoms with Gasteiger partial charge in [-0.15, -0.1) is 0 Å². The van der Waals surface area contributed by atoms with Crippen molar-refractivity contribution in [1.29, 1.82) is 5.41 Å². The van der Waals surface area contributed by atoms with Crippen molar-refractivity contribution in [2.45, 2.75) is 52.5 Å². The molecule has 3 aliphatic rings. The molecule has 0 aliphatic carbocycles. The Bertz CT molecular complexity index is 1050. The second-order valence-corrected chi connectivity index (χ2v) is 8.39. The molecule has 1 aromatic rings. The van der Waals surface area contributed by atoms with Gasteiger partial charge in [0.2, 0.25) is 5.91 Å². The van der Waals surface area contributed by atoms with Crippen molar-refractivity contribution in [1.82, 2.24) is 10.2 Å². The molecule has 7 heteroatoms. The fourth-order valence-electron chi connectivity index (χ4n) is 4.39. The van der Waals surface area contributed by atoms with Crippen LogP contribution in [0.15, 0.2) is 57.8 Å². The third kappa shape index (κ3) is 5.78. The van der Waals surface area contributed by atoms with Crippen LogP contribution in [-0.2, 0) is 4.79 Å². The van der Waals surface area contributed by atoms with Gasteiger partial charge >= 0.3 is 0 Å². The number of amides is 1. The number of nitrogens with one attached hydrogen (secondary N) is 2. The number of hydrogen-bond acceptors (Lipinski definition) is 6. The second-order valence-electron chi connectivity index (χ2n) is 8.39. The molecular formula is C27H38N6O. The Morgan fingerprint density at radius 1 is 1.29 bits per heavy atom. The zero-order valence-corrected chi connectivity index (χ0v) is 20.4. The lowest BCUT2D eigenvalue weighted by Crippen LogP contribution is -2.51. The molecule has 0 spiro atoms. The molecule has 4 rings (SSSR count). The van der Waals surface area contributed by atoms with Crippen LogP contribution in [0.4, 0.5) is 5.69 Å². The first-order valence-corrected chi connectivity index (χ1v) is 12.2. The van der Waals surface area contributed by atoms with Crippen LogP contribution in [0.2, 0.25) is 0 Å². The van der Waals surface area contributed by atoms with Crippen molar-refractivity contribution < 1.29 is 6.22 Å². The van der Waals surface area contributed by atoms with Gasteiger partial charge in [0.1, 0.15) is 5.84 Å².